The molecular formula is C20H23N5O4S. The van der Waals surface area contributed by atoms with E-state index in [0.29, 0.717) is 37.7 Å². The van der Waals surface area contributed by atoms with Gasteiger partial charge in [-0.05, 0) is 32.0 Å². The van der Waals surface area contributed by atoms with Gasteiger partial charge < -0.3 is 15.0 Å². The van der Waals surface area contributed by atoms with E-state index in [1.807, 2.05) is 44.2 Å². The molecule has 0 saturated carbocycles. The number of aryl methyl sites for hydroxylation is 1. The number of benzene rings is 1. The van der Waals surface area contributed by atoms with Gasteiger partial charge in [0.05, 0.1) is 36.0 Å². The third-order valence-corrected chi connectivity index (χ3v) is 6.92. The van der Waals surface area contributed by atoms with E-state index in [-0.39, 0.29) is 10.6 Å². The van der Waals surface area contributed by atoms with Crippen LogP contribution in [0.5, 0.6) is 0 Å². The van der Waals surface area contributed by atoms with E-state index in [9.17, 15) is 13.2 Å². The van der Waals surface area contributed by atoms with Gasteiger partial charge in [-0.3, -0.25) is 4.79 Å². The fourth-order valence-corrected chi connectivity index (χ4v) is 4.82. The van der Waals surface area contributed by atoms with Crippen LogP contribution in [0.4, 0.5) is 5.69 Å². The zero-order valence-corrected chi connectivity index (χ0v) is 17.6. The van der Waals surface area contributed by atoms with E-state index < -0.39 is 15.9 Å². The number of nitrogens with zero attached hydrogens (tertiary/aromatic N) is 3. The number of amides is 1. The van der Waals surface area contributed by atoms with E-state index in [1.54, 1.807) is 4.68 Å². The summed E-state index contributed by atoms with van der Waals surface area (Å²) in [5, 5.41) is 7.36. The Morgan fingerprint density at radius 2 is 1.87 bits per heavy atom. The SMILES string of the molecule is Cc1nn(-c2ccccc2)c(C)c1NC(=O)c1cc(S(=O)(=O)N2CCOCC2)c[nH]1. The monoisotopic (exact) mass is 429 g/mol. The molecule has 0 atom stereocenters. The molecule has 1 aromatic carbocycles. The number of aromatic amines is 1. The second-order valence-corrected chi connectivity index (χ2v) is 8.95. The number of anilines is 1. The first-order chi connectivity index (χ1) is 14.4. The summed E-state index contributed by atoms with van der Waals surface area (Å²) >= 11 is 0. The number of carbonyl (C=O) groups is 1. The molecule has 2 N–H and O–H groups in total. The molecule has 1 fully saturated rings. The third kappa shape index (κ3) is 3.76. The second-order valence-electron chi connectivity index (χ2n) is 7.01. The first-order valence-electron chi connectivity index (χ1n) is 9.57. The smallest absolute Gasteiger partial charge is 0.272 e. The predicted molar refractivity (Wildman–Crippen MR) is 111 cm³/mol. The lowest BCUT2D eigenvalue weighted by Crippen LogP contribution is -2.40. The molecular weight excluding hydrogens is 406 g/mol. The quantitative estimate of drug-likeness (QED) is 0.645. The maximum absolute atomic E-state index is 12.8. The molecule has 1 aliphatic heterocycles. The first-order valence-corrected chi connectivity index (χ1v) is 11.0. The summed E-state index contributed by atoms with van der Waals surface area (Å²) in [6.45, 7) is 5.00. The number of carbonyl (C=O) groups excluding carboxylic acids is 1. The van der Waals surface area contributed by atoms with Crippen molar-refractivity contribution >= 4 is 21.6 Å². The number of H-pyrrole nitrogens is 1. The van der Waals surface area contributed by atoms with Crippen molar-refractivity contribution < 1.29 is 17.9 Å². The minimum Gasteiger partial charge on any atom is -0.379 e. The van der Waals surface area contributed by atoms with Gasteiger partial charge in [-0.15, -0.1) is 0 Å². The van der Waals surface area contributed by atoms with Gasteiger partial charge >= 0.3 is 0 Å². The molecule has 0 bridgehead atoms. The van der Waals surface area contributed by atoms with Crippen molar-refractivity contribution in [3.8, 4) is 5.69 Å². The summed E-state index contributed by atoms with van der Waals surface area (Å²) in [5.41, 5.74) is 3.08. The zero-order valence-electron chi connectivity index (χ0n) is 16.8. The van der Waals surface area contributed by atoms with Crippen LogP contribution in [0.25, 0.3) is 5.69 Å². The highest BCUT2D eigenvalue weighted by Gasteiger charge is 2.28. The van der Waals surface area contributed by atoms with E-state index in [4.69, 9.17) is 4.74 Å². The first kappa shape index (κ1) is 20.3. The lowest BCUT2D eigenvalue weighted by molar-refractivity contribution is 0.0730. The Kier molecular flexibility index (Phi) is 5.46. The Bertz CT molecular complexity index is 1160. The number of hydrogen-bond acceptors (Lipinski definition) is 5. The largest absolute Gasteiger partial charge is 0.379 e. The molecule has 0 radical (unpaired) electrons. The standard InChI is InChI=1S/C20H23N5O4S/c1-14-19(15(2)25(23-14)16-6-4-3-5-7-16)22-20(26)18-12-17(13-21-18)30(27,28)24-8-10-29-11-9-24/h3-7,12-13,21H,8-11H2,1-2H3,(H,22,26). The van der Waals surface area contributed by atoms with Gasteiger partial charge in [-0.25, -0.2) is 13.1 Å². The van der Waals surface area contributed by atoms with E-state index >= 15 is 0 Å². The van der Waals surface area contributed by atoms with Crippen LogP contribution in [0.15, 0.2) is 47.5 Å². The molecule has 0 unspecified atom stereocenters. The van der Waals surface area contributed by atoms with Crippen LogP contribution in [-0.2, 0) is 14.8 Å². The molecule has 3 heterocycles. The van der Waals surface area contributed by atoms with Gasteiger partial charge in [0, 0.05) is 19.3 Å². The molecule has 30 heavy (non-hydrogen) atoms. The third-order valence-electron chi connectivity index (χ3n) is 5.04. The van der Waals surface area contributed by atoms with Crippen molar-refractivity contribution in [1.82, 2.24) is 19.1 Å². The van der Waals surface area contributed by atoms with Crippen molar-refractivity contribution in [1.29, 1.82) is 0 Å². The maximum atomic E-state index is 12.8. The minimum atomic E-state index is -3.67. The number of hydrogen-bond donors (Lipinski definition) is 2. The summed E-state index contributed by atoms with van der Waals surface area (Å²) in [7, 11) is -3.67. The van der Waals surface area contributed by atoms with Crippen molar-refractivity contribution in [2.45, 2.75) is 18.7 Å². The Balaban J connectivity index is 1.55. The number of para-hydroxylation sites is 1. The lowest BCUT2D eigenvalue weighted by Gasteiger charge is -2.25. The minimum absolute atomic E-state index is 0.0583. The Morgan fingerprint density at radius 1 is 1.17 bits per heavy atom. The molecule has 0 aliphatic carbocycles. The Hall–Kier alpha value is -2.95. The van der Waals surface area contributed by atoms with Crippen LogP contribution in [-0.4, -0.2) is 59.7 Å². The molecule has 1 saturated heterocycles. The van der Waals surface area contributed by atoms with E-state index in [2.05, 4.69) is 15.4 Å². The van der Waals surface area contributed by atoms with Crippen LogP contribution in [0.2, 0.25) is 0 Å². The predicted octanol–water partition coefficient (Wildman–Crippen LogP) is 2.09. The van der Waals surface area contributed by atoms with Crippen LogP contribution in [0.3, 0.4) is 0 Å². The Labute approximate surface area is 174 Å². The van der Waals surface area contributed by atoms with Gasteiger partial charge in [0.2, 0.25) is 10.0 Å². The topological polar surface area (TPSA) is 109 Å². The normalized spacial score (nSPS) is 15.3. The molecule has 10 heteroatoms. The van der Waals surface area contributed by atoms with E-state index in [1.165, 1.54) is 16.6 Å². The molecule has 2 aromatic heterocycles. The number of ether oxygens (including phenoxy) is 1. The van der Waals surface area contributed by atoms with Gasteiger partial charge in [0.25, 0.3) is 5.91 Å². The Morgan fingerprint density at radius 3 is 2.57 bits per heavy atom. The van der Waals surface area contributed by atoms with Crippen molar-refractivity contribution in [3.63, 3.8) is 0 Å². The number of sulfonamides is 1. The lowest BCUT2D eigenvalue weighted by atomic mass is 10.2. The van der Waals surface area contributed by atoms with Crippen molar-refractivity contribution in [2.24, 2.45) is 0 Å². The van der Waals surface area contributed by atoms with Crippen LogP contribution in [0.1, 0.15) is 21.9 Å². The van der Waals surface area contributed by atoms with Gasteiger partial charge in [0.15, 0.2) is 0 Å². The average molecular weight is 430 g/mol. The highest BCUT2D eigenvalue weighted by molar-refractivity contribution is 7.89. The fourth-order valence-electron chi connectivity index (χ4n) is 3.42. The fraction of sp³-hybridized carbons (Fsp3) is 0.300. The highest BCUT2D eigenvalue weighted by Crippen LogP contribution is 2.24. The summed E-state index contributed by atoms with van der Waals surface area (Å²) in [6.07, 6.45) is 1.34. The zero-order chi connectivity index (χ0) is 21.3. The van der Waals surface area contributed by atoms with Crippen molar-refractivity contribution in [2.75, 3.05) is 31.6 Å². The summed E-state index contributed by atoms with van der Waals surface area (Å²) < 4.78 is 33.8. The van der Waals surface area contributed by atoms with Gasteiger partial charge in [-0.1, -0.05) is 18.2 Å². The van der Waals surface area contributed by atoms with E-state index in [0.717, 1.165) is 11.4 Å². The highest BCUT2D eigenvalue weighted by atomic mass is 32.2. The second kappa shape index (κ2) is 8.05. The maximum Gasteiger partial charge on any atom is 0.272 e. The molecule has 0 spiro atoms. The molecule has 158 valence electrons. The van der Waals surface area contributed by atoms with Crippen LogP contribution < -0.4 is 5.32 Å². The van der Waals surface area contributed by atoms with Gasteiger partial charge in [-0.2, -0.15) is 9.40 Å². The van der Waals surface area contributed by atoms with Gasteiger partial charge in [0.1, 0.15) is 10.6 Å². The summed E-state index contributed by atoms with van der Waals surface area (Å²) in [6, 6.07) is 11.0. The number of aromatic nitrogens is 3. The molecule has 4 rings (SSSR count). The van der Waals surface area contributed by atoms with Crippen molar-refractivity contribution in [3.05, 3.63) is 59.7 Å². The molecule has 1 amide bonds. The van der Waals surface area contributed by atoms with Crippen LogP contribution >= 0.6 is 0 Å². The molecule has 9 nitrogen and oxygen atoms in total. The summed E-state index contributed by atoms with van der Waals surface area (Å²) in [5.74, 6) is -0.433. The molecule has 3 aromatic rings. The van der Waals surface area contributed by atoms with Crippen LogP contribution in [0, 0.1) is 13.8 Å². The number of morpholine rings is 1. The summed E-state index contributed by atoms with van der Waals surface area (Å²) in [4.78, 5) is 15.6. The number of rotatable bonds is 5. The number of nitrogens with one attached hydrogen (secondary N) is 2. The average Bonchev–Trinajstić information content (AvgIpc) is 3.37. The molecule has 1 aliphatic rings.